The number of esters is 1. The summed E-state index contributed by atoms with van der Waals surface area (Å²) in [5.41, 5.74) is 0.898. The number of rotatable bonds is 4. The summed E-state index contributed by atoms with van der Waals surface area (Å²) in [6, 6.07) is 9.54. The minimum Gasteiger partial charge on any atom is -0.465 e. The molecule has 0 fully saturated rings. The SMILES string of the molecule is COC(=O)c1ccc(F)cc1S(=O)(=O)Nc1ccc2[nH]ccc2c1. The third-order valence-electron chi connectivity index (χ3n) is 3.44. The van der Waals surface area contributed by atoms with Crippen molar-refractivity contribution in [2.45, 2.75) is 4.90 Å². The molecule has 0 spiro atoms. The summed E-state index contributed by atoms with van der Waals surface area (Å²) in [5, 5.41) is 0.808. The molecule has 0 aliphatic rings. The lowest BCUT2D eigenvalue weighted by molar-refractivity contribution is 0.0596. The van der Waals surface area contributed by atoms with Crippen molar-refractivity contribution < 1.29 is 22.3 Å². The van der Waals surface area contributed by atoms with E-state index in [0.29, 0.717) is 5.69 Å². The molecule has 0 atom stereocenters. The van der Waals surface area contributed by atoms with E-state index in [1.54, 1.807) is 30.5 Å². The maximum absolute atomic E-state index is 13.5. The molecular weight excluding hydrogens is 335 g/mol. The molecule has 1 heterocycles. The van der Waals surface area contributed by atoms with Gasteiger partial charge in [0, 0.05) is 22.8 Å². The molecule has 24 heavy (non-hydrogen) atoms. The number of benzene rings is 2. The number of sulfonamides is 1. The first-order valence-electron chi connectivity index (χ1n) is 6.88. The Morgan fingerprint density at radius 3 is 2.71 bits per heavy atom. The highest BCUT2D eigenvalue weighted by atomic mass is 32.2. The van der Waals surface area contributed by atoms with Crippen LogP contribution in [0.4, 0.5) is 10.1 Å². The van der Waals surface area contributed by atoms with Crippen LogP contribution < -0.4 is 4.72 Å². The molecule has 1 aromatic heterocycles. The van der Waals surface area contributed by atoms with Gasteiger partial charge in [0.15, 0.2) is 0 Å². The second-order valence-electron chi connectivity index (χ2n) is 5.02. The summed E-state index contributed by atoms with van der Waals surface area (Å²) >= 11 is 0. The Bertz CT molecular complexity index is 1030. The largest absolute Gasteiger partial charge is 0.465 e. The molecule has 0 aliphatic carbocycles. The van der Waals surface area contributed by atoms with Crippen LogP contribution in [0.15, 0.2) is 53.6 Å². The Morgan fingerprint density at radius 2 is 1.96 bits per heavy atom. The monoisotopic (exact) mass is 348 g/mol. The molecule has 8 heteroatoms. The van der Waals surface area contributed by atoms with E-state index in [9.17, 15) is 17.6 Å². The molecule has 2 N–H and O–H groups in total. The number of aromatic nitrogens is 1. The molecule has 0 saturated heterocycles. The van der Waals surface area contributed by atoms with Gasteiger partial charge in [0.25, 0.3) is 10.0 Å². The van der Waals surface area contributed by atoms with Gasteiger partial charge in [-0.15, -0.1) is 0 Å². The van der Waals surface area contributed by atoms with Crippen molar-refractivity contribution in [3.63, 3.8) is 0 Å². The lowest BCUT2D eigenvalue weighted by atomic mass is 10.2. The van der Waals surface area contributed by atoms with Crippen molar-refractivity contribution in [3.8, 4) is 0 Å². The average Bonchev–Trinajstić information content (AvgIpc) is 3.01. The summed E-state index contributed by atoms with van der Waals surface area (Å²) in [6.45, 7) is 0. The number of nitrogens with one attached hydrogen (secondary N) is 2. The Hall–Kier alpha value is -2.87. The molecule has 0 saturated carbocycles. The van der Waals surface area contributed by atoms with E-state index in [0.717, 1.165) is 36.2 Å². The standard InChI is InChI=1S/C16H13FN2O4S/c1-23-16(20)13-4-2-11(17)9-15(13)24(21,22)19-12-3-5-14-10(8-12)6-7-18-14/h2-9,18-19H,1H3. The summed E-state index contributed by atoms with van der Waals surface area (Å²) in [7, 11) is -3.05. The number of hydrogen-bond donors (Lipinski definition) is 2. The number of anilines is 1. The first-order valence-corrected chi connectivity index (χ1v) is 8.37. The van der Waals surface area contributed by atoms with E-state index < -0.39 is 26.7 Å². The Morgan fingerprint density at radius 1 is 1.17 bits per heavy atom. The zero-order valence-corrected chi connectivity index (χ0v) is 13.4. The maximum Gasteiger partial charge on any atom is 0.339 e. The molecule has 2 aromatic carbocycles. The average molecular weight is 348 g/mol. The minimum absolute atomic E-state index is 0.242. The lowest BCUT2D eigenvalue weighted by Crippen LogP contribution is -2.18. The van der Waals surface area contributed by atoms with E-state index in [-0.39, 0.29) is 5.56 Å². The summed E-state index contributed by atoms with van der Waals surface area (Å²) in [4.78, 5) is 14.3. The number of ether oxygens (including phenoxy) is 1. The van der Waals surface area contributed by atoms with Crippen molar-refractivity contribution in [3.05, 3.63) is 60.0 Å². The minimum atomic E-state index is -4.17. The third kappa shape index (κ3) is 2.95. The molecule has 0 unspecified atom stereocenters. The smallest absolute Gasteiger partial charge is 0.339 e. The second-order valence-corrected chi connectivity index (χ2v) is 6.67. The van der Waals surface area contributed by atoms with Gasteiger partial charge >= 0.3 is 5.97 Å². The molecule has 0 radical (unpaired) electrons. The fourth-order valence-corrected chi connectivity index (χ4v) is 3.58. The maximum atomic E-state index is 13.5. The van der Waals surface area contributed by atoms with Gasteiger partial charge in [-0.25, -0.2) is 17.6 Å². The van der Waals surface area contributed by atoms with E-state index in [1.807, 2.05) is 0 Å². The van der Waals surface area contributed by atoms with E-state index in [1.165, 1.54) is 0 Å². The Kier molecular flexibility index (Phi) is 3.98. The van der Waals surface area contributed by atoms with Crippen LogP contribution in [-0.2, 0) is 14.8 Å². The highest BCUT2D eigenvalue weighted by Gasteiger charge is 2.24. The van der Waals surface area contributed by atoms with Crippen molar-refractivity contribution in [2.75, 3.05) is 11.8 Å². The second kappa shape index (κ2) is 5.97. The summed E-state index contributed by atoms with van der Waals surface area (Å²) in [5.74, 6) is -1.64. The fourth-order valence-electron chi connectivity index (χ4n) is 2.32. The van der Waals surface area contributed by atoms with Gasteiger partial charge in [0.2, 0.25) is 0 Å². The molecule has 3 aromatic rings. The van der Waals surface area contributed by atoms with E-state index in [2.05, 4.69) is 14.4 Å². The first-order chi connectivity index (χ1) is 11.4. The van der Waals surface area contributed by atoms with Gasteiger partial charge in [0.05, 0.1) is 12.7 Å². The topological polar surface area (TPSA) is 88.3 Å². The summed E-state index contributed by atoms with van der Waals surface area (Å²) < 4.78 is 45.6. The van der Waals surface area contributed by atoms with Crippen LogP contribution in [0.1, 0.15) is 10.4 Å². The van der Waals surface area contributed by atoms with Crippen LogP contribution in [0.2, 0.25) is 0 Å². The zero-order chi connectivity index (χ0) is 17.3. The van der Waals surface area contributed by atoms with E-state index >= 15 is 0 Å². The molecule has 0 aliphatic heterocycles. The Balaban J connectivity index is 2.04. The lowest BCUT2D eigenvalue weighted by Gasteiger charge is -2.11. The van der Waals surface area contributed by atoms with Gasteiger partial charge in [-0.05, 0) is 42.5 Å². The molecule has 3 rings (SSSR count). The quantitative estimate of drug-likeness (QED) is 0.710. The van der Waals surface area contributed by atoms with Crippen LogP contribution in [0, 0.1) is 5.82 Å². The van der Waals surface area contributed by atoms with Crippen LogP contribution in [0.5, 0.6) is 0 Å². The number of aromatic amines is 1. The molecular formula is C16H13FN2O4S. The van der Waals surface area contributed by atoms with Gasteiger partial charge in [0.1, 0.15) is 10.7 Å². The zero-order valence-electron chi connectivity index (χ0n) is 12.5. The molecule has 0 amide bonds. The normalized spacial score (nSPS) is 11.4. The first kappa shape index (κ1) is 16.0. The van der Waals surface area contributed by atoms with Gasteiger partial charge in [-0.1, -0.05) is 0 Å². The number of fused-ring (bicyclic) bond motifs is 1. The number of carbonyl (C=O) groups excluding carboxylic acids is 1. The Labute approximate surface area is 137 Å². The molecule has 0 bridgehead atoms. The number of hydrogen-bond acceptors (Lipinski definition) is 4. The van der Waals surface area contributed by atoms with Crippen LogP contribution in [0.3, 0.4) is 0 Å². The van der Waals surface area contributed by atoms with Crippen LogP contribution >= 0.6 is 0 Å². The van der Waals surface area contributed by atoms with Crippen molar-refractivity contribution in [1.82, 2.24) is 4.98 Å². The van der Waals surface area contributed by atoms with Crippen molar-refractivity contribution in [2.24, 2.45) is 0 Å². The predicted octanol–water partition coefficient (Wildman–Crippen LogP) is 2.89. The van der Waals surface area contributed by atoms with Gasteiger partial charge < -0.3 is 9.72 Å². The van der Waals surface area contributed by atoms with Gasteiger partial charge in [-0.2, -0.15) is 0 Å². The number of H-pyrrole nitrogens is 1. The number of methoxy groups -OCH3 is 1. The van der Waals surface area contributed by atoms with Crippen molar-refractivity contribution >= 4 is 32.6 Å². The number of carbonyl (C=O) groups is 1. The number of halogens is 1. The van der Waals surface area contributed by atoms with Gasteiger partial charge in [-0.3, -0.25) is 4.72 Å². The van der Waals surface area contributed by atoms with Crippen LogP contribution in [-0.4, -0.2) is 26.5 Å². The summed E-state index contributed by atoms with van der Waals surface area (Å²) in [6.07, 6.45) is 1.73. The van der Waals surface area contributed by atoms with Crippen LogP contribution in [0.25, 0.3) is 10.9 Å². The third-order valence-corrected chi connectivity index (χ3v) is 4.87. The predicted molar refractivity (Wildman–Crippen MR) is 86.8 cm³/mol. The molecule has 6 nitrogen and oxygen atoms in total. The fraction of sp³-hybridized carbons (Fsp3) is 0.0625. The highest BCUT2D eigenvalue weighted by Crippen LogP contribution is 2.24. The molecule has 124 valence electrons. The highest BCUT2D eigenvalue weighted by molar-refractivity contribution is 7.92. The van der Waals surface area contributed by atoms with Crippen molar-refractivity contribution in [1.29, 1.82) is 0 Å². The van der Waals surface area contributed by atoms with E-state index in [4.69, 9.17) is 0 Å².